The summed E-state index contributed by atoms with van der Waals surface area (Å²) in [7, 11) is -1.35. The number of piperidine rings is 1. The van der Waals surface area contributed by atoms with Crippen molar-refractivity contribution in [3.8, 4) is 0 Å². The van der Waals surface area contributed by atoms with Gasteiger partial charge in [-0.1, -0.05) is 0 Å². The Labute approximate surface area is 80.4 Å². The van der Waals surface area contributed by atoms with Gasteiger partial charge in [0.25, 0.3) is 0 Å². The van der Waals surface area contributed by atoms with Crippen LogP contribution in [0.5, 0.6) is 0 Å². The van der Waals surface area contributed by atoms with Crippen LogP contribution in [0.15, 0.2) is 0 Å². The molecule has 78 valence electrons. The molecule has 0 aromatic carbocycles. The van der Waals surface area contributed by atoms with Crippen LogP contribution < -0.4 is 5.32 Å². The highest BCUT2D eigenvalue weighted by molar-refractivity contribution is 7.88. The largest absolute Gasteiger partial charge is 0.316 e. The quantitative estimate of drug-likeness (QED) is 0.700. The lowest BCUT2D eigenvalue weighted by Gasteiger charge is -2.26. The van der Waals surface area contributed by atoms with E-state index in [-0.39, 0.29) is 0 Å². The Bertz CT molecular complexity index is 245. The molecular formula is C8H18N2O2S. The van der Waals surface area contributed by atoms with E-state index < -0.39 is 10.0 Å². The highest BCUT2D eigenvalue weighted by atomic mass is 32.2. The molecule has 0 unspecified atom stereocenters. The molecule has 13 heavy (non-hydrogen) atoms. The highest BCUT2D eigenvalue weighted by Gasteiger charge is 2.19. The van der Waals surface area contributed by atoms with Gasteiger partial charge in [-0.25, -0.2) is 12.7 Å². The van der Waals surface area contributed by atoms with E-state index in [2.05, 4.69) is 5.32 Å². The molecule has 1 heterocycles. The summed E-state index contributed by atoms with van der Waals surface area (Å²) in [6.45, 7) is 2.66. The summed E-state index contributed by atoms with van der Waals surface area (Å²) in [5.74, 6) is 0.480. The van der Waals surface area contributed by atoms with Crippen molar-refractivity contribution < 1.29 is 8.42 Å². The van der Waals surface area contributed by atoms with Crippen molar-refractivity contribution in [2.45, 2.75) is 12.8 Å². The van der Waals surface area contributed by atoms with Gasteiger partial charge >= 0.3 is 0 Å². The lowest BCUT2D eigenvalue weighted by atomic mass is 10.00. The van der Waals surface area contributed by atoms with Crippen LogP contribution >= 0.6 is 0 Å². The van der Waals surface area contributed by atoms with Gasteiger partial charge in [0.1, 0.15) is 0 Å². The average molecular weight is 206 g/mol. The Kier molecular flexibility index (Phi) is 3.70. The maximum Gasteiger partial charge on any atom is 0.210 e. The molecule has 0 spiro atoms. The first kappa shape index (κ1) is 10.9. The molecule has 0 amide bonds. The van der Waals surface area contributed by atoms with Crippen molar-refractivity contribution >= 4 is 10.0 Å². The first-order valence-corrected chi connectivity index (χ1v) is 6.47. The average Bonchev–Trinajstić information content (AvgIpc) is 2.04. The minimum Gasteiger partial charge on any atom is -0.316 e. The molecule has 1 N–H and O–H groups in total. The Morgan fingerprint density at radius 1 is 1.54 bits per heavy atom. The predicted octanol–water partition coefficient (Wildman–Crippen LogP) is -0.123. The number of hydrogen-bond donors (Lipinski definition) is 1. The van der Waals surface area contributed by atoms with Gasteiger partial charge < -0.3 is 5.32 Å². The first-order valence-electron chi connectivity index (χ1n) is 4.62. The van der Waals surface area contributed by atoms with Gasteiger partial charge in [0.15, 0.2) is 0 Å². The van der Waals surface area contributed by atoms with Crippen molar-refractivity contribution in [3.05, 3.63) is 0 Å². The normalized spacial score (nSPS) is 25.0. The Morgan fingerprint density at radius 2 is 2.23 bits per heavy atom. The number of nitrogens with zero attached hydrogens (tertiary/aromatic N) is 1. The highest BCUT2D eigenvalue weighted by Crippen LogP contribution is 2.11. The molecule has 1 fully saturated rings. The molecule has 1 aliphatic rings. The van der Waals surface area contributed by atoms with Crippen LogP contribution in [0.3, 0.4) is 0 Å². The monoisotopic (exact) mass is 206 g/mol. The van der Waals surface area contributed by atoms with Crippen LogP contribution in [-0.2, 0) is 10.0 Å². The predicted molar refractivity (Wildman–Crippen MR) is 53.1 cm³/mol. The summed E-state index contributed by atoms with van der Waals surface area (Å²) < 4.78 is 23.7. The third-order valence-electron chi connectivity index (χ3n) is 2.48. The summed E-state index contributed by atoms with van der Waals surface area (Å²) in [6.07, 6.45) is 3.54. The van der Waals surface area contributed by atoms with Crippen molar-refractivity contribution in [3.63, 3.8) is 0 Å². The molecule has 1 aliphatic heterocycles. The number of sulfonamides is 1. The number of hydrogen-bond acceptors (Lipinski definition) is 3. The number of rotatable bonds is 3. The van der Waals surface area contributed by atoms with E-state index in [1.54, 1.807) is 7.05 Å². The molecule has 0 bridgehead atoms. The molecule has 0 aliphatic carbocycles. The molecule has 5 heteroatoms. The first-order chi connectivity index (χ1) is 6.00. The van der Waals surface area contributed by atoms with Crippen molar-refractivity contribution in [2.24, 2.45) is 5.92 Å². The Morgan fingerprint density at radius 3 is 2.69 bits per heavy atom. The fraction of sp³-hybridized carbons (Fsp3) is 1.00. The van der Waals surface area contributed by atoms with Crippen molar-refractivity contribution in [1.29, 1.82) is 0 Å². The molecule has 0 saturated carbocycles. The minimum absolute atomic E-state index is 0.480. The van der Waals surface area contributed by atoms with Gasteiger partial charge in [-0.3, -0.25) is 0 Å². The molecular weight excluding hydrogens is 188 g/mol. The standard InChI is InChI=1S/C8H18N2O2S/c1-10(13(2,11)12)7-8-4-3-5-9-6-8/h8-9H,3-7H2,1-2H3/t8-/m1/s1. The zero-order valence-corrected chi connectivity index (χ0v) is 9.10. The summed E-state index contributed by atoms with van der Waals surface area (Å²) in [6, 6.07) is 0. The third-order valence-corrected chi connectivity index (χ3v) is 3.76. The van der Waals surface area contributed by atoms with E-state index >= 15 is 0 Å². The second-order valence-electron chi connectivity index (χ2n) is 3.76. The van der Waals surface area contributed by atoms with Gasteiger partial charge in [-0.05, 0) is 31.8 Å². The summed E-state index contributed by atoms with van der Waals surface area (Å²) in [5, 5.41) is 3.27. The van der Waals surface area contributed by atoms with E-state index in [9.17, 15) is 8.42 Å². The van der Waals surface area contributed by atoms with Crippen molar-refractivity contribution in [1.82, 2.24) is 9.62 Å². The van der Waals surface area contributed by atoms with Crippen LogP contribution in [0.2, 0.25) is 0 Å². The van der Waals surface area contributed by atoms with E-state index in [0.717, 1.165) is 25.9 Å². The molecule has 4 nitrogen and oxygen atoms in total. The molecule has 1 rings (SSSR count). The topological polar surface area (TPSA) is 49.4 Å². The summed E-state index contributed by atoms with van der Waals surface area (Å²) in [5.41, 5.74) is 0. The Balaban J connectivity index is 2.39. The molecule has 1 saturated heterocycles. The van der Waals surface area contributed by atoms with Crippen LogP contribution in [0, 0.1) is 5.92 Å². The van der Waals surface area contributed by atoms with Gasteiger partial charge in [0, 0.05) is 13.6 Å². The third kappa shape index (κ3) is 3.62. The molecule has 0 radical (unpaired) electrons. The second-order valence-corrected chi connectivity index (χ2v) is 5.85. The molecule has 0 aromatic heterocycles. The Hall–Kier alpha value is -0.130. The van der Waals surface area contributed by atoms with Crippen LogP contribution in [0.4, 0.5) is 0 Å². The van der Waals surface area contributed by atoms with E-state index in [1.165, 1.54) is 10.6 Å². The van der Waals surface area contributed by atoms with Gasteiger partial charge in [-0.2, -0.15) is 0 Å². The summed E-state index contributed by atoms with van der Waals surface area (Å²) >= 11 is 0. The van der Waals surface area contributed by atoms with Gasteiger partial charge in [0.2, 0.25) is 10.0 Å². The molecule has 0 aromatic rings. The number of nitrogens with one attached hydrogen (secondary N) is 1. The van der Waals surface area contributed by atoms with E-state index in [1.807, 2.05) is 0 Å². The zero-order valence-electron chi connectivity index (χ0n) is 8.28. The molecule has 1 atom stereocenters. The summed E-state index contributed by atoms with van der Waals surface area (Å²) in [4.78, 5) is 0. The fourth-order valence-corrected chi connectivity index (χ4v) is 2.06. The SMILES string of the molecule is CN(C[C@@H]1CCCNC1)S(C)(=O)=O. The second kappa shape index (κ2) is 4.39. The fourth-order valence-electron chi connectivity index (χ4n) is 1.58. The van der Waals surface area contributed by atoms with Crippen LogP contribution in [0.1, 0.15) is 12.8 Å². The van der Waals surface area contributed by atoms with Gasteiger partial charge in [-0.15, -0.1) is 0 Å². The minimum atomic E-state index is -3.00. The maximum atomic E-state index is 11.1. The van der Waals surface area contributed by atoms with Gasteiger partial charge in [0.05, 0.1) is 6.26 Å². The van der Waals surface area contributed by atoms with E-state index in [0.29, 0.717) is 12.5 Å². The van der Waals surface area contributed by atoms with Crippen LogP contribution in [0.25, 0.3) is 0 Å². The van der Waals surface area contributed by atoms with E-state index in [4.69, 9.17) is 0 Å². The van der Waals surface area contributed by atoms with Crippen LogP contribution in [-0.4, -0.2) is 45.7 Å². The lowest BCUT2D eigenvalue weighted by Crippen LogP contribution is -2.38. The zero-order chi connectivity index (χ0) is 9.90. The maximum absolute atomic E-state index is 11.1. The lowest BCUT2D eigenvalue weighted by molar-refractivity contribution is 0.316. The van der Waals surface area contributed by atoms with Crippen molar-refractivity contribution in [2.75, 3.05) is 32.9 Å². The smallest absolute Gasteiger partial charge is 0.210 e.